The van der Waals surface area contributed by atoms with Gasteiger partial charge in [0.2, 0.25) is 11.8 Å². The molecular weight excluding hydrogens is 522 g/mol. The summed E-state index contributed by atoms with van der Waals surface area (Å²) in [6.45, 7) is 5.15. The number of benzene rings is 2. The van der Waals surface area contributed by atoms with Crippen molar-refractivity contribution in [2.75, 3.05) is 39.3 Å². The van der Waals surface area contributed by atoms with Gasteiger partial charge in [-0.2, -0.15) is 0 Å². The van der Waals surface area contributed by atoms with Gasteiger partial charge in [-0.05, 0) is 74.9 Å². The Hall–Kier alpha value is -2.87. The van der Waals surface area contributed by atoms with E-state index in [-0.39, 0.29) is 17.9 Å². The molecule has 8 heteroatoms. The van der Waals surface area contributed by atoms with E-state index in [0.29, 0.717) is 43.4 Å². The van der Waals surface area contributed by atoms with Crippen LogP contribution in [-0.4, -0.2) is 78.0 Å². The minimum Gasteiger partial charge on any atom is -0.361 e. The third kappa shape index (κ3) is 7.87. The van der Waals surface area contributed by atoms with Crippen molar-refractivity contribution in [3.63, 3.8) is 0 Å². The highest BCUT2D eigenvalue weighted by Gasteiger charge is 2.27. The normalized spacial score (nSPS) is 18.0. The van der Waals surface area contributed by atoms with E-state index in [0.717, 1.165) is 48.0 Å². The summed E-state index contributed by atoms with van der Waals surface area (Å²) in [5, 5.41) is 8.12. The quantitative estimate of drug-likeness (QED) is 0.320. The van der Waals surface area contributed by atoms with E-state index in [1.165, 1.54) is 32.4 Å². The number of carbonyl (C=O) groups excluding carboxylic acids is 2. The van der Waals surface area contributed by atoms with Gasteiger partial charge in [0.1, 0.15) is 0 Å². The SMILES string of the molecule is O=C(CCc1ccccc1Cl)NCC(Cc1c[nH]c2ccccc12)NC(=O)CN1CCC(N2CCCCC2)CC1. The number of para-hydroxylation sites is 1. The second kappa shape index (κ2) is 14.2. The number of rotatable bonds is 11. The summed E-state index contributed by atoms with van der Waals surface area (Å²) in [6.07, 6.45) is 9.83. The first-order valence-electron chi connectivity index (χ1n) is 14.9. The molecule has 0 aliphatic carbocycles. The van der Waals surface area contributed by atoms with E-state index in [4.69, 9.17) is 11.6 Å². The topological polar surface area (TPSA) is 80.5 Å². The molecule has 3 N–H and O–H groups in total. The van der Waals surface area contributed by atoms with E-state index in [2.05, 4.69) is 37.6 Å². The number of piperidine rings is 2. The highest BCUT2D eigenvalue weighted by molar-refractivity contribution is 6.31. The average Bonchev–Trinajstić information content (AvgIpc) is 3.39. The molecule has 214 valence electrons. The number of hydrogen-bond acceptors (Lipinski definition) is 4. The minimum atomic E-state index is -0.207. The highest BCUT2D eigenvalue weighted by atomic mass is 35.5. The standard InChI is InChI=1S/C32H42ClN5O2/c33-29-10-4-2-8-24(29)12-13-31(39)35-22-26(20-25-21-34-30-11-5-3-9-28(25)30)36-32(40)23-37-18-14-27(15-19-37)38-16-6-1-7-17-38/h2-5,8-11,21,26-27,34H,1,6-7,12-20,22-23H2,(H,35,39)(H,36,40). The van der Waals surface area contributed by atoms with Crippen LogP contribution in [0, 0.1) is 0 Å². The Balaban J connectivity index is 1.15. The number of halogens is 1. The minimum absolute atomic E-state index is 0.0200. The summed E-state index contributed by atoms with van der Waals surface area (Å²) < 4.78 is 0. The summed E-state index contributed by atoms with van der Waals surface area (Å²) in [7, 11) is 0. The first-order chi connectivity index (χ1) is 19.5. The van der Waals surface area contributed by atoms with E-state index in [1.807, 2.05) is 42.6 Å². The van der Waals surface area contributed by atoms with Crippen LogP contribution >= 0.6 is 11.6 Å². The molecule has 2 aromatic carbocycles. The molecule has 2 amide bonds. The van der Waals surface area contributed by atoms with Crippen LogP contribution in [0.2, 0.25) is 5.02 Å². The Bertz CT molecular complexity index is 1260. The number of aromatic amines is 1. The van der Waals surface area contributed by atoms with E-state index >= 15 is 0 Å². The van der Waals surface area contributed by atoms with Gasteiger partial charge in [0.15, 0.2) is 0 Å². The number of aromatic nitrogens is 1. The van der Waals surface area contributed by atoms with Crippen LogP contribution in [0.5, 0.6) is 0 Å². The van der Waals surface area contributed by atoms with Crippen LogP contribution in [0.4, 0.5) is 0 Å². The second-order valence-corrected chi connectivity index (χ2v) is 11.7. The third-order valence-corrected chi connectivity index (χ3v) is 8.83. The van der Waals surface area contributed by atoms with Crippen molar-refractivity contribution < 1.29 is 9.59 Å². The third-order valence-electron chi connectivity index (χ3n) is 8.46. The summed E-state index contributed by atoms with van der Waals surface area (Å²) in [6, 6.07) is 16.3. The lowest BCUT2D eigenvalue weighted by molar-refractivity contribution is -0.124. The van der Waals surface area contributed by atoms with E-state index < -0.39 is 0 Å². The van der Waals surface area contributed by atoms with Gasteiger partial charge in [-0.15, -0.1) is 0 Å². The van der Waals surface area contributed by atoms with Crippen molar-refractivity contribution in [3.05, 3.63) is 70.9 Å². The van der Waals surface area contributed by atoms with Crippen LogP contribution in [0.1, 0.15) is 49.7 Å². The number of H-pyrrole nitrogens is 1. The highest BCUT2D eigenvalue weighted by Crippen LogP contribution is 2.22. The Morgan fingerprint density at radius 3 is 2.48 bits per heavy atom. The van der Waals surface area contributed by atoms with Gasteiger partial charge >= 0.3 is 0 Å². The lowest BCUT2D eigenvalue weighted by Crippen LogP contribution is -2.51. The van der Waals surface area contributed by atoms with Crippen molar-refractivity contribution in [3.8, 4) is 0 Å². The summed E-state index contributed by atoms with van der Waals surface area (Å²) >= 11 is 6.26. The average molecular weight is 564 g/mol. The number of likely N-dealkylation sites (tertiary alicyclic amines) is 2. The zero-order valence-electron chi connectivity index (χ0n) is 23.3. The molecule has 0 spiro atoms. The van der Waals surface area contributed by atoms with E-state index in [9.17, 15) is 9.59 Å². The zero-order valence-corrected chi connectivity index (χ0v) is 24.1. The summed E-state index contributed by atoms with van der Waals surface area (Å²) in [4.78, 5) is 34.2. The first-order valence-corrected chi connectivity index (χ1v) is 15.2. The number of amides is 2. The Morgan fingerprint density at radius 1 is 0.925 bits per heavy atom. The smallest absolute Gasteiger partial charge is 0.234 e. The van der Waals surface area contributed by atoms with Crippen LogP contribution in [-0.2, 0) is 22.4 Å². The zero-order chi connectivity index (χ0) is 27.7. The fraction of sp³-hybridized carbons (Fsp3) is 0.500. The number of hydrogen-bond donors (Lipinski definition) is 3. The van der Waals surface area contributed by atoms with E-state index in [1.54, 1.807) is 0 Å². The molecule has 3 heterocycles. The molecule has 2 saturated heterocycles. The fourth-order valence-electron chi connectivity index (χ4n) is 6.22. The molecule has 2 aliphatic heterocycles. The Morgan fingerprint density at radius 2 is 1.68 bits per heavy atom. The largest absolute Gasteiger partial charge is 0.361 e. The molecule has 40 heavy (non-hydrogen) atoms. The summed E-state index contributed by atoms with van der Waals surface area (Å²) in [5.74, 6) is -0.0236. The van der Waals surface area contributed by atoms with Gasteiger partial charge in [-0.25, -0.2) is 0 Å². The van der Waals surface area contributed by atoms with Crippen molar-refractivity contribution in [1.82, 2.24) is 25.4 Å². The van der Waals surface area contributed by atoms with Crippen molar-refractivity contribution in [1.29, 1.82) is 0 Å². The van der Waals surface area contributed by atoms with Crippen molar-refractivity contribution in [2.45, 2.75) is 63.5 Å². The first kappa shape index (κ1) is 28.7. The second-order valence-electron chi connectivity index (χ2n) is 11.3. The van der Waals surface area contributed by atoms with Gasteiger partial charge < -0.3 is 20.5 Å². The lowest BCUT2D eigenvalue weighted by Gasteiger charge is -2.40. The van der Waals surface area contributed by atoms with Crippen LogP contribution < -0.4 is 10.6 Å². The van der Waals surface area contributed by atoms with Gasteiger partial charge in [0, 0.05) is 54.2 Å². The molecule has 2 fully saturated rings. The van der Waals surface area contributed by atoms with Crippen LogP contribution in [0.15, 0.2) is 54.7 Å². The molecular formula is C32H42ClN5O2. The number of aryl methyl sites for hydroxylation is 1. The summed E-state index contributed by atoms with van der Waals surface area (Å²) in [5.41, 5.74) is 3.17. The number of carbonyl (C=O) groups is 2. The molecule has 0 bridgehead atoms. The fourth-order valence-corrected chi connectivity index (χ4v) is 6.45. The molecule has 1 atom stereocenters. The van der Waals surface area contributed by atoms with Gasteiger partial charge in [-0.3, -0.25) is 14.5 Å². The Kier molecular flexibility index (Phi) is 10.1. The maximum absolute atomic E-state index is 13.2. The maximum Gasteiger partial charge on any atom is 0.234 e. The molecule has 2 aliphatic rings. The van der Waals surface area contributed by atoms with Gasteiger partial charge in [0.05, 0.1) is 12.6 Å². The predicted molar refractivity (Wildman–Crippen MR) is 162 cm³/mol. The van der Waals surface area contributed by atoms with Crippen molar-refractivity contribution >= 4 is 34.3 Å². The molecule has 1 aromatic heterocycles. The van der Waals surface area contributed by atoms with Crippen LogP contribution in [0.25, 0.3) is 10.9 Å². The number of nitrogens with one attached hydrogen (secondary N) is 3. The Labute approximate surface area is 242 Å². The maximum atomic E-state index is 13.2. The number of fused-ring (bicyclic) bond motifs is 1. The molecule has 1 unspecified atom stereocenters. The van der Waals surface area contributed by atoms with Crippen molar-refractivity contribution in [2.24, 2.45) is 0 Å². The molecule has 3 aromatic rings. The molecule has 0 saturated carbocycles. The molecule has 7 nitrogen and oxygen atoms in total. The molecule has 0 radical (unpaired) electrons. The van der Waals surface area contributed by atoms with Crippen LogP contribution in [0.3, 0.4) is 0 Å². The monoisotopic (exact) mass is 563 g/mol. The predicted octanol–water partition coefficient (Wildman–Crippen LogP) is 4.55. The van der Waals surface area contributed by atoms with Gasteiger partial charge in [-0.1, -0.05) is 54.4 Å². The van der Waals surface area contributed by atoms with Gasteiger partial charge in [0.25, 0.3) is 0 Å². The molecule has 5 rings (SSSR count). The lowest BCUT2D eigenvalue weighted by atomic mass is 10.00. The number of nitrogens with zero attached hydrogens (tertiary/aromatic N) is 2.